The van der Waals surface area contributed by atoms with Gasteiger partial charge in [-0.1, -0.05) is 0 Å². The molecule has 62 valence electrons. The van der Waals surface area contributed by atoms with Gasteiger partial charge in [-0.25, -0.2) is 0 Å². The minimum absolute atomic E-state index is 0.274. The Hall–Kier alpha value is -1.12. The van der Waals surface area contributed by atoms with Gasteiger partial charge in [0.15, 0.2) is 0 Å². The van der Waals surface area contributed by atoms with Crippen LogP contribution in [0.25, 0.3) is 0 Å². The molecule has 0 fully saturated rings. The fourth-order valence-corrected chi connectivity index (χ4v) is 0.460. The maximum absolute atomic E-state index is 10.6. The van der Waals surface area contributed by atoms with Gasteiger partial charge in [-0.3, -0.25) is 4.79 Å². The summed E-state index contributed by atoms with van der Waals surface area (Å²) >= 11 is 0. The number of hydrogen-bond acceptors (Lipinski definition) is 4. The normalized spacial score (nSPS) is 11.7. The third-order valence-corrected chi connectivity index (χ3v) is 0.849. The summed E-state index contributed by atoms with van der Waals surface area (Å²) in [7, 11) is 0. The molecule has 0 rings (SSSR count). The van der Waals surface area contributed by atoms with E-state index in [0.717, 1.165) is 0 Å². The van der Waals surface area contributed by atoms with Gasteiger partial charge in [-0.05, 0) is 6.92 Å². The van der Waals surface area contributed by atoms with Crippen LogP contribution in [0.3, 0.4) is 0 Å². The lowest BCUT2D eigenvalue weighted by atomic mass is 10.4. The van der Waals surface area contributed by atoms with Crippen molar-refractivity contribution < 1.29 is 14.6 Å². The van der Waals surface area contributed by atoms with Gasteiger partial charge in [-0.2, -0.15) is 5.26 Å². The summed E-state index contributed by atoms with van der Waals surface area (Å²) < 4.78 is 4.57. The van der Waals surface area contributed by atoms with E-state index in [-0.39, 0.29) is 6.42 Å². The molecule has 0 bridgehead atoms. The zero-order chi connectivity index (χ0) is 8.69. The van der Waals surface area contributed by atoms with E-state index in [1.54, 1.807) is 13.0 Å². The largest absolute Gasteiger partial charge is 0.351 e. The highest BCUT2D eigenvalue weighted by Gasteiger charge is 2.06. The number of nitrogens with zero attached hydrogens (tertiary/aromatic N) is 1. The van der Waals surface area contributed by atoms with E-state index in [4.69, 9.17) is 10.4 Å². The van der Waals surface area contributed by atoms with E-state index in [0.29, 0.717) is 6.61 Å². The smallest absolute Gasteiger partial charge is 0.238 e. The van der Waals surface area contributed by atoms with Crippen LogP contribution in [0, 0.1) is 11.3 Å². The van der Waals surface area contributed by atoms with Crippen molar-refractivity contribution in [1.82, 2.24) is 5.32 Å². The van der Waals surface area contributed by atoms with Crippen molar-refractivity contribution in [3.63, 3.8) is 0 Å². The summed E-state index contributed by atoms with van der Waals surface area (Å²) in [6.45, 7) is 1.98. The van der Waals surface area contributed by atoms with Crippen molar-refractivity contribution in [3.8, 4) is 6.07 Å². The highest BCUT2D eigenvalue weighted by atomic mass is 16.6. The molecule has 11 heavy (non-hydrogen) atoms. The van der Waals surface area contributed by atoms with Crippen molar-refractivity contribution in [1.29, 1.82) is 5.26 Å². The first-order chi connectivity index (χ1) is 5.20. The summed E-state index contributed by atoms with van der Waals surface area (Å²) in [4.78, 5) is 10.6. The summed E-state index contributed by atoms with van der Waals surface area (Å²) in [6.07, 6.45) is -1.58. The Balaban J connectivity index is 3.50. The molecule has 0 aromatic carbocycles. The Kier molecular flexibility index (Phi) is 5.07. The molecule has 0 aliphatic rings. The highest BCUT2D eigenvalue weighted by molar-refractivity contribution is 5.77. The number of rotatable bonds is 4. The van der Waals surface area contributed by atoms with Crippen molar-refractivity contribution in [3.05, 3.63) is 0 Å². The maximum atomic E-state index is 10.6. The highest BCUT2D eigenvalue weighted by Crippen LogP contribution is 1.82. The van der Waals surface area contributed by atoms with E-state index in [2.05, 4.69) is 10.1 Å². The second kappa shape index (κ2) is 5.65. The van der Waals surface area contributed by atoms with Crippen molar-refractivity contribution in [2.75, 3.05) is 6.61 Å². The first-order valence-electron chi connectivity index (χ1n) is 3.16. The second-order valence-corrected chi connectivity index (χ2v) is 1.71. The lowest BCUT2D eigenvalue weighted by molar-refractivity contribution is -0.144. The molecular weight excluding hydrogens is 148 g/mol. The topological polar surface area (TPSA) is 82.3 Å². The molecule has 2 N–H and O–H groups in total. The predicted molar refractivity (Wildman–Crippen MR) is 36.0 cm³/mol. The van der Waals surface area contributed by atoms with Gasteiger partial charge in [-0.15, -0.1) is 0 Å². The van der Waals surface area contributed by atoms with Crippen LogP contribution in [-0.2, 0) is 9.53 Å². The van der Waals surface area contributed by atoms with Gasteiger partial charge in [0.2, 0.25) is 12.3 Å². The van der Waals surface area contributed by atoms with Crippen molar-refractivity contribution in [2.24, 2.45) is 0 Å². The zero-order valence-electron chi connectivity index (χ0n) is 6.20. The molecule has 0 aliphatic carbocycles. The fourth-order valence-electron chi connectivity index (χ4n) is 0.460. The van der Waals surface area contributed by atoms with Crippen LogP contribution in [0.5, 0.6) is 0 Å². The number of aliphatic hydroxyl groups is 1. The molecule has 1 unspecified atom stereocenters. The Morgan fingerprint density at radius 1 is 1.91 bits per heavy atom. The Morgan fingerprint density at radius 2 is 2.55 bits per heavy atom. The molecule has 0 heterocycles. The third kappa shape index (κ3) is 5.33. The minimum atomic E-state index is -1.30. The van der Waals surface area contributed by atoms with Gasteiger partial charge in [0.05, 0.1) is 6.07 Å². The van der Waals surface area contributed by atoms with Crippen molar-refractivity contribution >= 4 is 5.91 Å². The van der Waals surface area contributed by atoms with E-state index in [9.17, 15) is 4.79 Å². The molecule has 0 aliphatic heterocycles. The minimum Gasteiger partial charge on any atom is -0.351 e. The van der Waals surface area contributed by atoms with Gasteiger partial charge < -0.3 is 15.2 Å². The molecule has 0 aromatic rings. The monoisotopic (exact) mass is 158 g/mol. The van der Waals surface area contributed by atoms with Crippen LogP contribution in [0.1, 0.15) is 13.3 Å². The van der Waals surface area contributed by atoms with Gasteiger partial charge >= 0.3 is 0 Å². The number of nitrogens with one attached hydrogen (secondary N) is 1. The molecule has 1 atom stereocenters. The SMILES string of the molecule is CCOC(O)NC(=O)CC#N. The molecule has 0 radical (unpaired) electrons. The van der Waals surface area contributed by atoms with Gasteiger partial charge in [0.1, 0.15) is 6.42 Å². The van der Waals surface area contributed by atoms with Crippen LogP contribution >= 0.6 is 0 Å². The van der Waals surface area contributed by atoms with Crippen LogP contribution in [0.2, 0.25) is 0 Å². The number of nitriles is 1. The lowest BCUT2D eigenvalue weighted by Crippen LogP contribution is -2.36. The van der Waals surface area contributed by atoms with Crippen LogP contribution in [-0.4, -0.2) is 24.0 Å². The summed E-state index contributed by atoms with van der Waals surface area (Å²) in [5.74, 6) is -0.548. The molecule has 5 nitrogen and oxygen atoms in total. The Morgan fingerprint density at radius 3 is 3.00 bits per heavy atom. The summed E-state index contributed by atoms with van der Waals surface area (Å²) in [5, 5.41) is 18.9. The van der Waals surface area contributed by atoms with Crippen LogP contribution in [0.15, 0.2) is 0 Å². The lowest BCUT2D eigenvalue weighted by Gasteiger charge is -2.10. The summed E-state index contributed by atoms with van der Waals surface area (Å²) in [5.41, 5.74) is 0. The molecule has 0 saturated carbocycles. The predicted octanol–water partition coefficient (Wildman–Crippen LogP) is -0.671. The Labute approximate surface area is 64.6 Å². The van der Waals surface area contributed by atoms with E-state index >= 15 is 0 Å². The Bertz CT molecular complexity index is 164. The fraction of sp³-hybridized carbons (Fsp3) is 0.667. The average Bonchev–Trinajstić information content (AvgIpc) is 1.87. The molecular formula is C6H10N2O3. The number of aliphatic hydroxyl groups excluding tert-OH is 1. The molecule has 0 spiro atoms. The van der Waals surface area contributed by atoms with Crippen molar-refractivity contribution in [2.45, 2.75) is 19.8 Å². The van der Waals surface area contributed by atoms with Gasteiger partial charge in [0, 0.05) is 6.61 Å². The van der Waals surface area contributed by atoms with E-state index in [1.165, 1.54) is 0 Å². The average molecular weight is 158 g/mol. The number of carbonyl (C=O) groups is 1. The first kappa shape index (κ1) is 9.88. The van der Waals surface area contributed by atoms with Crippen LogP contribution < -0.4 is 5.32 Å². The van der Waals surface area contributed by atoms with E-state index < -0.39 is 12.3 Å². The number of carbonyl (C=O) groups excluding carboxylic acids is 1. The molecule has 0 aromatic heterocycles. The summed E-state index contributed by atoms with van der Waals surface area (Å²) in [6, 6.07) is 1.64. The number of ether oxygens (including phenoxy) is 1. The maximum Gasteiger partial charge on any atom is 0.238 e. The van der Waals surface area contributed by atoms with Crippen LogP contribution in [0.4, 0.5) is 0 Å². The first-order valence-corrected chi connectivity index (χ1v) is 3.16. The second-order valence-electron chi connectivity index (χ2n) is 1.71. The molecule has 1 amide bonds. The molecule has 0 saturated heterocycles. The van der Waals surface area contributed by atoms with E-state index in [1.807, 2.05) is 0 Å². The third-order valence-electron chi connectivity index (χ3n) is 0.849. The molecule has 5 heteroatoms. The quantitative estimate of drug-likeness (QED) is 0.531. The standard InChI is InChI=1S/C6H10N2O3/c1-2-11-6(10)8-5(9)3-4-7/h6,10H,2-3H2,1H3,(H,8,9). The van der Waals surface area contributed by atoms with Gasteiger partial charge in [0.25, 0.3) is 0 Å². The number of amides is 1. The zero-order valence-corrected chi connectivity index (χ0v) is 6.20. The number of hydrogen-bond donors (Lipinski definition) is 2.